The van der Waals surface area contributed by atoms with Gasteiger partial charge in [-0.2, -0.15) is 4.73 Å². The molecule has 0 unspecified atom stereocenters. The number of rotatable bonds is 1. The van der Waals surface area contributed by atoms with Gasteiger partial charge in [-0.3, -0.25) is 4.90 Å². The Hall–Kier alpha value is -1.49. The second-order valence-corrected chi connectivity index (χ2v) is 5.10. The Kier molecular flexibility index (Phi) is 3.52. The third kappa shape index (κ3) is 2.61. The molecule has 94 valence electrons. The molecule has 0 spiro atoms. The Morgan fingerprint density at radius 3 is 2.41 bits per heavy atom. The topological polar surface area (TPSA) is 67.5 Å². The summed E-state index contributed by atoms with van der Waals surface area (Å²) in [5.41, 5.74) is -0.0449. The van der Waals surface area contributed by atoms with Gasteiger partial charge < -0.3 is 10.3 Å². The quantitative estimate of drug-likeness (QED) is 0.478. The van der Waals surface area contributed by atoms with Crippen molar-refractivity contribution in [3.05, 3.63) is 28.2 Å². The zero-order chi connectivity index (χ0) is 13.4. The van der Waals surface area contributed by atoms with Gasteiger partial charge in [0.05, 0.1) is 0 Å². The van der Waals surface area contributed by atoms with Gasteiger partial charge in [0, 0.05) is 18.5 Å². The van der Waals surface area contributed by atoms with Gasteiger partial charge in [-0.25, -0.2) is 4.79 Å². The molecule has 1 heterocycles. The molecule has 0 atom stereocenters. The summed E-state index contributed by atoms with van der Waals surface area (Å²) in [5.74, 6) is 0. The highest BCUT2D eigenvalue weighted by Gasteiger charge is 2.31. The molecule has 0 saturated heterocycles. The third-order valence-electron chi connectivity index (χ3n) is 2.35. The Bertz CT molecular complexity index is 455. The lowest BCUT2D eigenvalue weighted by atomic mass is 10.1. The van der Waals surface area contributed by atoms with E-state index < -0.39 is 11.6 Å². The summed E-state index contributed by atoms with van der Waals surface area (Å²) in [5, 5.41) is 20.9. The highest BCUT2D eigenvalue weighted by molar-refractivity contribution is 6.28. The first-order valence-corrected chi connectivity index (χ1v) is 5.46. The van der Waals surface area contributed by atoms with Crippen LogP contribution >= 0.6 is 11.6 Å². The van der Waals surface area contributed by atoms with Crippen molar-refractivity contribution in [2.45, 2.75) is 33.2 Å². The summed E-state index contributed by atoms with van der Waals surface area (Å²) in [7, 11) is 0. The van der Waals surface area contributed by atoms with Crippen LogP contribution in [0.5, 0.6) is 0 Å². The smallest absolute Gasteiger partial charge is 0.412 e. The summed E-state index contributed by atoms with van der Waals surface area (Å²) in [4.78, 5) is 12.4. The molecule has 0 radical (unpaired) electrons. The van der Waals surface area contributed by atoms with E-state index in [1.807, 2.05) is 0 Å². The fourth-order valence-corrected chi connectivity index (χ4v) is 1.78. The molecule has 1 rings (SSSR count). The molecule has 17 heavy (non-hydrogen) atoms. The van der Waals surface area contributed by atoms with Crippen LogP contribution in [0, 0.1) is 12.1 Å². The highest BCUT2D eigenvalue weighted by atomic mass is 35.5. The van der Waals surface area contributed by atoms with E-state index in [0.29, 0.717) is 10.4 Å². The lowest BCUT2D eigenvalue weighted by molar-refractivity contribution is -0.609. The van der Waals surface area contributed by atoms with E-state index >= 15 is 0 Å². The number of carbonyl (C=O) groups is 1. The zero-order valence-electron chi connectivity index (χ0n) is 10.2. The van der Waals surface area contributed by atoms with Gasteiger partial charge in [-0.15, -0.1) is 0 Å². The van der Waals surface area contributed by atoms with E-state index in [0.717, 1.165) is 4.90 Å². The molecule has 1 amide bonds. The zero-order valence-corrected chi connectivity index (χ0v) is 10.9. The first kappa shape index (κ1) is 13.6. The molecule has 0 saturated carbocycles. The van der Waals surface area contributed by atoms with Gasteiger partial charge in [0.15, 0.2) is 0 Å². The number of halogens is 1. The summed E-state index contributed by atoms with van der Waals surface area (Å²) in [6.07, 6.45) is -1.11. The van der Waals surface area contributed by atoms with E-state index in [-0.39, 0.29) is 10.8 Å². The van der Waals surface area contributed by atoms with Gasteiger partial charge in [0.25, 0.3) is 5.15 Å². The molecule has 6 heteroatoms. The van der Waals surface area contributed by atoms with Crippen LogP contribution in [0.2, 0.25) is 5.15 Å². The number of amides is 1. The number of aromatic nitrogens is 1. The number of nitrogens with zero attached hydrogens (tertiary/aromatic N) is 2. The molecule has 5 nitrogen and oxygen atoms in total. The maximum Gasteiger partial charge on any atom is 0.412 e. The Morgan fingerprint density at radius 1 is 1.47 bits per heavy atom. The third-order valence-corrected chi connectivity index (χ3v) is 2.63. The largest absolute Gasteiger partial charge is 0.617 e. The standard InChI is InChI=1S/C11H15ClN2O3/c1-7-8(5-6-9(12)14(7)17)13(10(15)16)11(2,3)4/h5-6H,1-4H3,(H,15,16). The monoisotopic (exact) mass is 258 g/mol. The fraction of sp³-hybridized carbons (Fsp3) is 0.455. The van der Waals surface area contributed by atoms with Crippen LogP contribution in [0.25, 0.3) is 0 Å². The SMILES string of the molecule is Cc1c(N(C(=O)O)C(C)(C)C)ccc(Cl)[n+]1[O-]. The molecular weight excluding hydrogens is 244 g/mol. The Balaban J connectivity index is 3.40. The minimum absolute atomic E-state index is 0.0190. The van der Waals surface area contributed by atoms with Crippen molar-refractivity contribution < 1.29 is 14.6 Å². The normalized spacial score (nSPS) is 11.4. The minimum Gasteiger partial charge on any atom is -0.617 e. The van der Waals surface area contributed by atoms with Crippen LogP contribution in [0.4, 0.5) is 10.5 Å². The van der Waals surface area contributed by atoms with Gasteiger partial charge in [0.2, 0.25) is 5.69 Å². The molecule has 0 aliphatic heterocycles. The number of carboxylic acid groups (broad SMARTS) is 1. The molecule has 1 aromatic heterocycles. The Labute approximate surface area is 105 Å². The van der Waals surface area contributed by atoms with E-state index in [4.69, 9.17) is 11.6 Å². The summed E-state index contributed by atoms with van der Waals surface area (Å²) in [6.45, 7) is 6.80. The second-order valence-electron chi connectivity index (χ2n) is 4.71. The van der Waals surface area contributed by atoms with Crippen LogP contribution in [-0.4, -0.2) is 16.7 Å². The summed E-state index contributed by atoms with van der Waals surface area (Å²) < 4.78 is 0.512. The van der Waals surface area contributed by atoms with Crippen LogP contribution < -0.4 is 9.63 Å². The van der Waals surface area contributed by atoms with Gasteiger partial charge in [-0.05, 0) is 38.4 Å². The van der Waals surface area contributed by atoms with Crippen molar-refractivity contribution >= 4 is 23.4 Å². The second kappa shape index (κ2) is 4.41. The molecule has 1 N–H and O–H groups in total. The number of hydrogen-bond acceptors (Lipinski definition) is 2. The van der Waals surface area contributed by atoms with E-state index in [1.54, 1.807) is 20.8 Å². The van der Waals surface area contributed by atoms with Crippen molar-refractivity contribution in [1.82, 2.24) is 0 Å². The lowest BCUT2D eigenvalue weighted by Crippen LogP contribution is -2.47. The summed E-state index contributed by atoms with van der Waals surface area (Å²) >= 11 is 5.67. The highest BCUT2D eigenvalue weighted by Crippen LogP contribution is 2.26. The molecule has 0 aliphatic rings. The number of anilines is 1. The van der Waals surface area contributed by atoms with Gasteiger partial charge in [-0.1, -0.05) is 0 Å². The predicted octanol–water partition coefficient (Wildman–Crippen LogP) is 2.56. The first-order valence-electron chi connectivity index (χ1n) is 5.08. The molecule has 1 aromatic rings. The average Bonchev–Trinajstić information content (AvgIpc) is 2.16. The van der Waals surface area contributed by atoms with Crippen LogP contribution in [-0.2, 0) is 0 Å². The van der Waals surface area contributed by atoms with Crippen molar-refractivity contribution in [2.24, 2.45) is 0 Å². The van der Waals surface area contributed by atoms with Crippen molar-refractivity contribution in [2.75, 3.05) is 4.90 Å². The maximum atomic E-state index is 11.6. The molecule has 0 fully saturated rings. The predicted molar refractivity (Wildman–Crippen MR) is 65.4 cm³/mol. The minimum atomic E-state index is -1.11. The molecule has 0 bridgehead atoms. The molecular formula is C11H15ClN2O3. The van der Waals surface area contributed by atoms with Gasteiger partial charge in [0.1, 0.15) is 5.69 Å². The van der Waals surface area contributed by atoms with Crippen LogP contribution in [0.3, 0.4) is 0 Å². The summed E-state index contributed by atoms with van der Waals surface area (Å²) in [6, 6.07) is 2.92. The number of pyridine rings is 1. The van der Waals surface area contributed by atoms with E-state index in [1.165, 1.54) is 19.1 Å². The van der Waals surface area contributed by atoms with E-state index in [2.05, 4.69) is 0 Å². The maximum absolute atomic E-state index is 11.6. The van der Waals surface area contributed by atoms with Crippen LogP contribution in [0.1, 0.15) is 26.5 Å². The first-order chi connectivity index (χ1) is 7.66. The average molecular weight is 259 g/mol. The number of hydrogen-bond donors (Lipinski definition) is 1. The Morgan fingerprint density at radius 2 is 2.00 bits per heavy atom. The molecule has 0 aliphatic carbocycles. The van der Waals surface area contributed by atoms with Crippen molar-refractivity contribution in [3.8, 4) is 0 Å². The van der Waals surface area contributed by atoms with Crippen molar-refractivity contribution in [3.63, 3.8) is 0 Å². The molecule has 0 aromatic carbocycles. The lowest BCUT2D eigenvalue weighted by Gasteiger charge is -2.33. The van der Waals surface area contributed by atoms with E-state index in [9.17, 15) is 15.1 Å². The van der Waals surface area contributed by atoms with Gasteiger partial charge >= 0.3 is 6.09 Å². The fourth-order valence-electron chi connectivity index (χ4n) is 1.59. The van der Waals surface area contributed by atoms with Crippen molar-refractivity contribution in [1.29, 1.82) is 0 Å². The van der Waals surface area contributed by atoms with Crippen LogP contribution in [0.15, 0.2) is 12.1 Å².